The van der Waals surface area contributed by atoms with Crippen LogP contribution in [0.5, 0.6) is 0 Å². The second-order valence-corrected chi connectivity index (χ2v) is 8.60. The summed E-state index contributed by atoms with van der Waals surface area (Å²) in [6.45, 7) is 3.48. The fourth-order valence-corrected chi connectivity index (χ4v) is 3.42. The number of nitrogens with zero attached hydrogens (tertiary/aromatic N) is 2. The first-order valence-electron chi connectivity index (χ1n) is 11.6. The Hall–Kier alpha value is -4.27. The fourth-order valence-electron chi connectivity index (χ4n) is 3.42. The van der Waals surface area contributed by atoms with E-state index >= 15 is 0 Å². The van der Waals surface area contributed by atoms with Crippen LogP contribution >= 0.6 is 0 Å². The Morgan fingerprint density at radius 2 is 1.46 bits per heavy atom. The topological polar surface area (TPSA) is 245 Å². The lowest BCUT2D eigenvalue weighted by atomic mass is 9.97. The van der Waals surface area contributed by atoms with E-state index in [4.69, 9.17) is 5.73 Å². The Kier molecular flexibility index (Phi) is 10.7. The van der Waals surface area contributed by atoms with Crippen LogP contribution in [0.15, 0.2) is 25.0 Å². The Morgan fingerprint density at radius 1 is 0.892 bits per heavy atom. The number of H-pyrrole nitrogens is 2. The Bertz CT molecular complexity index is 1060. The molecule has 15 heteroatoms. The lowest BCUT2D eigenvalue weighted by Crippen LogP contribution is -2.59. The minimum atomic E-state index is -1.60. The fraction of sp³-hybridized carbons (Fsp3) is 0.500. The van der Waals surface area contributed by atoms with Crippen LogP contribution in [-0.2, 0) is 36.8 Å². The van der Waals surface area contributed by atoms with Gasteiger partial charge in [0.05, 0.1) is 25.1 Å². The summed E-state index contributed by atoms with van der Waals surface area (Å²) in [5, 5.41) is 25.9. The first kappa shape index (κ1) is 29.0. The van der Waals surface area contributed by atoms with E-state index in [0.29, 0.717) is 17.8 Å². The summed E-state index contributed by atoms with van der Waals surface area (Å²) >= 11 is 0. The minimum absolute atomic E-state index is 0.137. The molecule has 0 spiro atoms. The van der Waals surface area contributed by atoms with Crippen LogP contribution in [0.25, 0.3) is 0 Å². The van der Waals surface area contributed by atoms with Gasteiger partial charge in [0.1, 0.15) is 18.1 Å². The third-order valence-corrected chi connectivity index (χ3v) is 5.73. The van der Waals surface area contributed by atoms with Gasteiger partial charge in [0, 0.05) is 36.6 Å². The van der Waals surface area contributed by atoms with Gasteiger partial charge in [-0.15, -0.1) is 0 Å². The maximum absolute atomic E-state index is 13.1. The highest BCUT2D eigenvalue weighted by Crippen LogP contribution is 2.10. The molecule has 202 valence electrons. The van der Waals surface area contributed by atoms with Gasteiger partial charge in [-0.2, -0.15) is 0 Å². The third-order valence-electron chi connectivity index (χ3n) is 5.73. The Balaban J connectivity index is 2.12. The van der Waals surface area contributed by atoms with Gasteiger partial charge in [-0.05, 0) is 5.92 Å². The average Bonchev–Trinajstić information content (AvgIpc) is 3.54. The summed E-state index contributed by atoms with van der Waals surface area (Å²) in [5.41, 5.74) is 7.00. The SMILES string of the molecule is CCC(C)C(NC(=O)C(N)Cc1cnc[nH]1)C(=O)NC(CC(=O)O)C(=O)NC(Cc1cnc[nH]1)C(=O)O. The van der Waals surface area contributed by atoms with Gasteiger partial charge in [0.25, 0.3) is 0 Å². The number of aromatic nitrogens is 4. The monoisotopic (exact) mass is 520 g/mol. The van der Waals surface area contributed by atoms with Crippen molar-refractivity contribution >= 4 is 29.7 Å². The van der Waals surface area contributed by atoms with Crippen molar-refractivity contribution in [3.8, 4) is 0 Å². The minimum Gasteiger partial charge on any atom is -0.481 e. The van der Waals surface area contributed by atoms with E-state index < -0.39 is 66.2 Å². The zero-order valence-electron chi connectivity index (χ0n) is 20.4. The standard InChI is InChI=1S/C22H32N8O7/c1-3-11(2)18(30-19(33)14(23)4-12-7-24-9-26-12)21(35)28-15(6-17(31)32)20(34)29-16(22(36)37)5-13-8-25-10-27-13/h7-11,14-16,18H,3-6,23H2,1-2H3,(H,24,26)(H,25,27)(H,28,35)(H,29,34)(H,30,33)(H,31,32)(H,36,37). The van der Waals surface area contributed by atoms with Crippen molar-refractivity contribution in [2.24, 2.45) is 11.7 Å². The van der Waals surface area contributed by atoms with Crippen molar-refractivity contribution in [3.05, 3.63) is 36.4 Å². The number of aromatic amines is 2. The molecule has 0 bridgehead atoms. The highest BCUT2D eigenvalue weighted by Gasteiger charge is 2.33. The summed E-state index contributed by atoms with van der Waals surface area (Å²) in [4.78, 5) is 74.8. The van der Waals surface area contributed by atoms with Crippen LogP contribution < -0.4 is 21.7 Å². The summed E-state index contributed by atoms with van der Waals surface area (Å²) in [6, 6.07) is -5.14. The maximum Gasteiger partial charge on any atom is 0.326 e. The van der Waals surface area contributed by atoms with Gasteiger partial charge < -0.3 is 41.9 Å². The quantitative estimate of drug-likeness (QED) is 0.132. The molecule has 0 aliphatic heterocycles. The number of aliphatic carboxylic acids is 2. The Labute approximate surface area is 212 Å². The van der Waals surface area contributed by atoms with Gasteiger partial charge in [-0.25, -0.2) is 14.8 Å². The van der Waals surface area contributed by atoms with Gasteiger partial charge in [-0.1, -0.05) is 20.3 Å². The van der Waals surface area contributed by atoms with Crippen molar-refractivity contribution in [2.75, 3.05) is 0 Å². The lowest BCUT2D eigenvalue weighted by Gasteiger charge is -2.27. The van der Waals surface area contributed by atoms with Crippen LogP contribution in [0.2, 0.25) is 0 Å². The summed E-state index contributed by atoms with van der Waals surface area (Å²) in [7, 11) is 0. The number of carboxylic acid groups (broad SMARTS) is 2. The number of hydrogen-bond donors (Lipinski definition) is 8. The molecule has 0 saturated carbocycles. The molecule has 0 aliphatic rings. The molecule has 2 rings (SSSR count). The smallest absolute Gasteiger partial charge is 0.326 e. The molecule has 5 unspecified atom stereocenters. The van der Waals surface area contributed by atoms with Crippen molar-refractivity contribution in [1.29, 1.82) is 0 Å². The molecule has 0 radical (unpaired) electrons. The summed E-state index contributed by atoms with van der Waals surface area (Å²) in [5.74, 6) is -5.60. The number of amides is 3. The van der Waals surface area contributed by atoms with Crippen molar-refractivity contribution in [2.45, 2.75) is 63.7 Å². The predicted octanol–water partition coefficient (Wildman–Crippen LogP) is -1.69. The second-order valence-electron chi connectivity index (χ2n) is 8.60. The number of nitrogens with two attached hydrogens (primary N) is 1. The molecule has 0 fully saturated rings. The normalized spacial score (nSPS) is 15.0. The maximum atomic E-state index is 13.1. The molecular weight excluding hydrogens is 488 g/mol. The third kappa shape index (κ3) is 9.03. The van der Waals surface area contributed by atoms with Crippen LogP contribution in [0.1, 0.15) is 38.1 Å². The van der Waals surface area contributed by atoms with Crippen molar-refractivity contribution in [1.82, 2.24) is 35.9 Å². The van der Waals surface area contributed by atoms with Crippen molar-refractivity contribution < 1.29 is 34.2 Å². The zero-order valence-corrected chi connectivity index (χ0v) is 20.4. The van der Waals surface area contributed by atoms with E-state index in [1.54, 1.807) is 13.8 Å². The molecule has 2 aromatic heterocycles. The number of carboxylic acids is 2. The van der Waals surface area contributed by atoms with Crippen LogP contribution in [0, 0.1) is 5.92 Å². The van der Waals surface area contributed by atoms with Crippen molar-refractivity contribution in [3.63, 3.8) is 0 Å². The first-order chi connectivity index (χ1) is 17.5. The lowest BCUT2D eigenvalue weighted by molar-refractivity contribution is -0.143. The van der Waals surface area contributed by atoms with Crippen LogP contribution in [-0.4, -0.2) is 84.0 Å². The number of rotatable bonds is 15. The predicted molar refractivity (Wildman–Crippen MR) is 128 cm³/mol. The number of hydrogen-bond acceptors (Lipinski definition) is 8. The highest BCUT2D eigenvalue weighted by atomic mass is 16.4. The number of nitrogens with one attached hydrogen (secondary N) is 5. The molecule has 2 aromatic rings. The van der Waals surface area contributed by atoms with Gasteiger partial charge in [-0.3, -0.25) is 19.2 Å². The largest absolute Gasteiger partial charge is 0.481 e. The molecule has 37 heavy (non-hydrogen) atoms. The number of carbonyl (C=O) groups is 5. The number of imidazole rings is 2. The molecule has 15 nitrogen and oxygen atoms in total. The van der Waals surface area contributed by atoms with E-state index in [-0.39, 0.29) is 12.8 Å². The van der Waals surface area contributed by atoms with E-state index in [9.17, 15) is 34.2 Å². The highest BCUT2D eigenvalue weighted by molar-refractivity contribution is 5.95. The molecular formula is C22H32N8O7. The van der Waals surface area contributed by atoms with E-state index in [2.05, 4.69) is 35.9 Å². The number of carbonyl (C=O) groups excluding carboxylic acids is 3. The molecule has 0 aromatic carbocycles. The molecule has 3 amide bonds. The van der Waals surface area contributed by atoms with Gasteiger partial charge in [0.15, 0.2) is 0 Å². The van der Waals surface area contributed by atoms with Gasteiger partial charge in [0.2, 0.25) is 17.7 Å². The molecule has 0 saturated heterocycles. The molecule has 9 N–H and O–H groups in total. The van der Waals surface area contributed by atoms with Crippen LogP contribution in [0.3, 0.4) is 0 Å². The Morgan fingerprint density at radius 3 is 1.95 bits per heavy atom. The first-order valence-corrected chi connectivity index (χ1v) is 11.6. The van der Waals surface area contributed by atoms with E-state index in [1.807, 2.05) is 0 Å². The molecule has 5 atom stereocenters. The molecule has 2 heterocycles. The van der Waals surface area contributed by atoms with E-state index in [1.165, 1.54) is 25.0 Å². The van der Waals surface area contributed by atoms with Gasteiger partial charge >= 0.3 is 11.9 Å². The zero-order chi connectivity index (χ0) is 27.5. The summed E-state index contributed by atoms with van der Waals surface area (Å²) in [6.07, 6.45) is 5.32. The molecule has 0 aliphatic carbocycles. The van der Waals surface area contributed by atoms with E-state index in [0.717, 1.165) is 0 Å². The average molecular weight is 521 g/mol. The summed E-state index contributed by atoms with van der Waals surface area (Å²) < 4.78 is 0. The van der Waals surface area contributed by atoms with Crippen LogP contribution in [0.4, 0.5) is 0 Å². The second kappa shape index (κ2) is 13.7.